The lowest BCUT2D eigenvalue weighted by molar-refractivity contribution is -0.161. The fourth-order valence-corrected chi connectivity index (χ4v) is 3.14. The first-order chi connectivity index (χ1) is 12.3. The SMILES string of the molecule is CC(C)(C)OC(=O)C1C(=O)c2ccccc2O[C@H]1CCc1ccccc1. The lowest BCUT2D eigenvalue weighted by Crippen LogP contribution is -2.45. The maximum atomic E-state index is 13.0. The summed E-state index contributed by atoms with van der Waals surface area (Å²) in [5.74, 6) is -1.14. The van der Waals surface area contributed by atoms with Crippen LogP contribution in [0.2, 0.25) is 0 Å². The molecule has 0 amide bonds. The number of ketones is 1. The van der Waals surface area contributed by atoms with Crippen molar-refractivity contribution >= 4 is 11.8 Å². The van der Waals surface area contributed by atoms with Gasteiger partial charge >= 0.3 is 5.97 Å². The number of para-hydroxylation sites is 1. The Morgan fingerprint density at radius 2 is 1.69 bits per heavy atom. The molecule has 1 unspecified atom stereocenters. The van der Waals surface area contributed by atoms with Crippen LogP contribution in [0.1, 0.15) is 43.1 Å². The van der Waals surface area contributed by atoms with Crippen LogP contribution in [0.4, 0.5) is 0 Å². The van der Waals surface area contributed by atoms with E-state index >= 15 is 0 Å². The van der Waals surface area contributed by atoms with Crippen LogP contribution < -0.4 is 4.74 Å². The van der Waals surface area contributed by atoms with Gasteiger partial charge in [0.15, 0.2) is 11.7 Å². The number of ether oxygens (including phenoxy) is 2. The molecule has 4 nitrogen and oxygen atoms in total. The quantitative estimate of drug-likeness (QED) is 0.611. The number of benzene rings is 2. The minimum absolute atomic E-state index is 0.223. The van der Waals surface area contributed by atoms with Crippen molar-refractivity contribution in [2.75, 3.05) is 0 Å². The number of carbonyl (C=O) groups is 2. The summed E-state index contributed by atoms with van der Waals surface area (Å²) < 4.78 is 11.6. The molecule has 2 atom stereocenters. The second-order valence-electron chi connectivity index (χ2n) is 7.55. The van der Waals surface area contributed by atoms with Gasteiger partial charge in [-0.15, -0.1) is 0 Å². The molecule has 1 heterocycles. The zero-order valence-corrected chi connectivity index (χ0v) is 15.4. The topological polar surface area (TPSA) is 52.6 Å². The van der Waals surface area contributed by atoms with E-state index in [1.807, 2.05) is 36.4 Å². The monoisotopic (exact) mass is 352 g/mol. The Kier molecular flexibility index (Phi) is 5.12. The predicted molar refractivity (Wildman–Crippen MR) is 99.3 cm³/mol. The van der Waals surface area contributed by atoms with Gasteiger partial charge in [-0.2, -0.15) is 0 Å². The number of Topliss-reactive ketones (excluding diaryl/α,β-unsaturated/α-hetero) is 1. The second-order valence-corrected chi connectivity index (χ2v) is 7.55. The molecule has 1 aliphatic heterocycles. The average molecular weight is 352 g/mol. The molecule has 26 heavy (non-hydrogen) atoms. The van der Waals surface area contributed by atoms with E-state index in [0.717, 1.165) is 12.0 Å². The number of hydrogen-bond acceptors (Lipinski definition) is 4. The van der Waals surface area contributed by atoms with Gasteiger partial charge in [0.2, 0.25) is 0 Å². The van der Waals surface area contributed by atoms with Gasteiger partial charge in [-0.3, -0.25) is 9.59 Å². The van der Waals surface area contributed by atoms with Gasteiger partial charge in [-0.05, 0) is 51.3 Å². The Hall–Kier alpha value is -2.62. The van der Waals surface area contributed by atoms with Gasteiger partial charge in [0.25, 0.3) is 0 Å². The summed E-state index contributed by atoms with van der Waals surface area (Å²) in [7, 11) is 0. The minimum atomic E-state index is -0.937. The maximum absolute atomic E-state index is 13.0. The van der Waals surface area contributed by atoms with E-state index in [0.29, 0.717) is 17.7 Å². The van der Waals surface area contributed by atoms with Crippen LogP contribution in [-0.2, 0) is 16.0 Å². The Labute approximate surface area is 154 Å². The van der Waals surface area contributed by atoms with Gasteiger partial charge in [-0.1, -0.05) is 42.5 Å². The first kappa shape index (κ1) is 18.2. The molecule has 3 rings (SSSR count). The molecule has 1 aliphatic rings. The highest BCUT2D eigenvalue weighted by molar-refractivity contribution is 6.11. The molecular weight excluding hydrogens is 328 g/mol. The molecule has 0 saturated heterocycles. The summed E-state index contributed by atoms with van der Waals surface area (Å²) in [5, 5.41) is 0. The molecule has 0 fully saturated rings. The van der Waals surface area contributed by atoms with Crippen LogP contribution in [0.5, 0.6) is 5.75 Å². The number of hydrogen-bond donors (Lipinski definition) is 0. The normalized spacial score (nSPS) is 19.4. The van der Waals surface area contributed by atoms with E-state index in [2.05, 4.69) is 0 Å². The molecule has 0 bridgehead atoms. The minimum Gasteiger partial charge on any atom is -0.488 e. The van der Waals surface area contributed by atoms with Gasteiger partial charge in [0.1, 0.15) is 17.5 Å². The van der Waals surface area contributed by atoms with Crippen molar-refractivity contribution < 1.29 is 19.1 Å². The van der Waals surface area contributed by atoms with E-state index in [-0.39, 0.29) is 5.78 Å². The fraction of sp³-hybridized carbons (Fsp3) is 0.364. The summed E-state index contributed by atoms with van der Waals surface area (Å²) in [6.07, 6.45) is 0.751. The zero-order valence-electron chi connectivity index (χ0n) is 15.4. The summed E-state index contributed by atoms with van der Waals surface area (Å²) >= 11 is 0. The molecule has 0 radical (unpaired) electrons. The Morgan fingerprint density at radius 3 is 2.38 bits per heavy atom. The van der Waals surface area contributed by atoms with Crippen LogP contribution in [0.15, 0.2) is 54.6 Å². The third-order valence-electron chi connectivity index (χ3n) is 4.31. The number of rotatable bonds is 4. The second kappa shape index (κ2) is 7.32. The fourth-order valence-electron chi connectivity index (χ4n) is 3.14. The number of aryl methyl sites for hydroxylation is 1. The third-order valence-corrected chi connectivity index (χ3v) is 4.31. The largest absolute Gasteiger partial charge is 0.488 e. The van der Waals surface area contributed by atoms with Crippen molar-refractivity contribution in [2.45, 2.75) is 45.3 Å². The first-order valence-corrected chi connectivity index (χ1v) is 8.92. The highest BCUT2D eigenvalue weighted by Crippen LogP contribution is 2.34. The van der Waals surface area contributed by atoms with Crippen LogP contribution >= 0.6 is 0 Å². The molecule has 136 valence electrons. The number of carbonyl (C=O) groups excluding carboxylic acids is 2. The standard InChI is InChI=1S/C22H24O4/c1-22(2,3)26-21(24)19-18(14-13-15-9-5-4-6-10-15)25-17-12-8-7-11-16(17)20(19)23/h4-12,18-19H,13-14H2,1-3H3/t18-,19?/m0/s1. The summed E-state index contributed by atoms with van der Waals surface area (Å²) in [6, 6.07) is 17.0. The molecule has 2 aromatic rings. The highest BCUT2D eigenvalue weighted by Gasteiger charge is 2.43. The summed E-state index contributed by atoms with van der Waals surface area (Å²) in [6.45, 7) is 5.39. The Bertz CT molecular complexity index is 789. The molecular formula is C22H24O4. The highest BCUT2D eigenvalue weighted by atomic mass is 16.6. The molecule has 0 saturated carbocycles. The molecule has 0 N–H and O–H groups in total. The third kappa shape index (κ3) is 4.13. The molecule has 4 heteroatoms. The maximum Gasteiger partial charge on any atom is 0.321 e. The summed E-state index contributed by atoms with van der Waals surface area (Å²) in [5.41, 5.74) is 0.933. The molecule has 0 aromatic heterocycles. The Balaban J connectivity index is 1.85. The van der Waals surface area contributed by atoms with E-state index in [9.17, 15) is 9.59 Å². The van der Waals surface area contributed by atoms with E-state index in [4.69, 9.17) is 9.47 Å². The van der Waals surface area contributed by atoms with Crippen LogP contribution in [0, 0.1) is 5.92 Å². The van der Waals surface area contributed by atoms with Crippen LogP contribution in [0.3, 0.4) is 0 Å². The van der Waals surface area contributed by atoms with Crippen molar-refractivity contribution in [3.05, 3.63) is 65.7 Å². The molecule has 2 aromatic carbocycles. The van der Waals surface area contributed by atoms with Crippen molar-refractivity contribution in [1.82, 2.24) is 0 Å². The first-order valence-electron chi connectivity index (χ1n) is 8.92. The molecule has 0 aliphatic carbocycles. The van der Waals surface area contributed by atoms with Crippen LogP contribution in [0.25, 0.3) is 0 Å². The smallest absolute Gasteiger partial charge is 0.321 e. The van der Waals surface area contributed by atoms with Crippen molar-refractivity contribution in [3.63, 3.8) is 0 Å². The number of esters is 1. The van der Waals surface area contributed by atoms with Gasteiger partial charge in [0, 0.05) is 0 Å². The predicted octanol–water partition coefficient (Wildman–Crippen LogP) is 4.22. The van der Waals surface area contributed by atoms with Crippen molar-refractivity contribution in [1.29, 1.82) is 0 Å². The van der Waals surface area contributed by atoms with Crippen LogP contribution in [-0.4, -0.2) is 23.5 Å². The van der Waals surface area contributed by atoms with E-state index in [1.165, 1.54) is 0 Å². The van der Waals surface area contributed by atoms with Crippen molar-refractivity contribution in [3.8, 4) is 5.75 Å². The average Bonchev–Trinajstić information content (AvgIpc) is 2.59. The Morgan fingerprint density at radius 1 is 1.04 bits per heavy atom. The summed E-state index contributed by atoms with van der Waals surface area (Å²) in [4.78, 5) is 25.7. The van der Waals surface area contributed by atoms with E-state index < -0.39 is 23.6 Å². The lowest BCUT2D eigenvalue weighted by Gasteiger charge is -2.33. The van der Waals surface area contributed by atoms with Gasteiger partial charge in [-0.25, -0.2) is 0 Å². The number of fused-ring (bicyclic) bond motifs is 1. The van der Waals surface area contributed by atoms with Gasteiger partial charge in [0.05, 0.1) is 5.56 Å². The van der Waals surface area contributed by atoms with Gasteiger partial charge < -0.3 is 9.47 Å². The van der Waals surface area contributed by atoms with E-state index in [1.54, 1.807) is 39.0 Å². The zero-order chi connectivity index (χ0) is 18.7. The lowest BCUT2D eigenvalue weighted by atomic mass is 9.86. The van der Waals surface area contributed by atoms with Crippen molar-refractivity contribution in [2.24, 2.45) is 5.92 Å². The molecule has 0 spiro atoms.